The molecule has 0 saturated heterocycles. The summed E-state index contributed by atoms with van der Waals surface area (Å²) in [5.41, 5.74) is 1.50. The summed E-state index contributed by atoms with van der Waals surface area (Å²) in [6, 6.07) is 19.4. The number of nitrogens with one attached hydrogen (secondary N) is 1. The summed E-state index contributed by atoms with van der Waals surface area (Å²) >= 11 is 5.93. The van der Waals surface area contributed by atoms with E-state index in [4.69, 9.17) is 16.0 Å². The largest absolute Gasteiger partial charge is 0.450 e. The van der Waals surface area contributed by atoms with Crippen molar-refractivity contribution in [2.45, 2.75) is 4.90 Å². The number of nitrogens with zero attached hydrogens (tertiary/aromatic N) is 1. The fourth-order valence-corrected chi connectivity index (χ4v) is 4.50. The zero-order chi connectivity index (χ0) is 24.5. The smallest absolute Gasteiger partial charge is 0.242 e. The summed E-state index contributed by atoms with van der Waals surface area (Å²) in [6.07, 6.45) is 0. The summed E-state index contributed by atoms with van der Waals surface area (Å²) in [4.78, 5) is 26.1. The van der Waals surface area contributed by atoms with Gasteiger partial charge in [0.1, 0.15) is 5.58 Å². The number of benzene rings is 3. The molecule has 4 rings (SSSR count). The summed E-state index contributed by atoms with van der Waals surface area (Å²) < 4.78 is 31.7. The summed E-state index contributed by atoms with van der Waals surface area (Å²) in [5, 5.41) is 4.18. The molecule has 0 atom stereocenters. The number of sulfonamides is 1. The molecule has 4 aromatic rings. The van der Waals surface area contributed by atoms with E-state index in [1.54, 1.807) is 54.6 Å². The van der Waals surface area contributed by atoms with Crippen molar-refractivity contribution in [1.29, 1.82) is 0 Å². The number of Topliss-reactive ketones (excluding diaryl/α,β-unsaturated/α-hetero) is 1. The van der Waals surface area contributed by atoms with Gasteiger partial charge in [0.25, 0.3) is 0 Å². The van der Waals surface area contributed by atoms with Gasteiger partial charge >= 0.3 is 0 Å². The molecule has 0 fully saturated rings. The highest BCUT2D eigenvalue weighted by Crippen LogP contribution is 2.32. The molecule has 0 unspecified atom stereocenters. The molecule has 1 heterocycles. The summed E-state index contributed by atoms with van der Waals surface area (Å²) in [6.45, 7) is -0.171. The van der Waals surface area contributed by atoms with Crippen LogP contribution in [0.1, 0.15) is 26.5 Å². The van der Waals surface area contributed by atoms with Gasteiger partial charge < -0.3 is 9.73 Å². The molecule has 7 nitrogen and oxygen atoms in total. The van der Waals surface area contributed by atoms with Gasteiger partial charge in [-0.3, -0.25) is 9.59 Å². The number of furan rings is 1. The molecule has 0 bridgehead atoms. The Bertz CT molecular complexity index is 1490. The Morgan fingerprint density at radius 1 is 0.941 bits per heavy atom. The first-order chi connectivity index (χ1) is 16.2. The number of ketones is 2. The lowest BCUT2D eigenvalue weighted by molar-refractivity contribution is 0.0997. The van der Waals surface area contributed by atoms with Crippen LogP contribution < -0.4 is 5.32 Å². The topological polar surface area (TPSA) is 96.7 Å². The number of anilines is 1. The third-order valence-corrected chi connectivity index (χ3v) is 7.33. The number of halogens is 1. The van der Waals surface area contributed by atoms with Gasteiger partial charge in [-0.1, -0.05) is 35.9 Å². The Morgan fingerprint density at radius 3 is 2.35 bits per heavy atom. The molecule has 34 heavy (non-hydrogen) atoms. The lowest BCUT2D eigenvalue weighted by Gasteiger charge is -2.12. The van der Waals surface area contributed by atoms with Crippen molar-refractivity contribution in [3.63, 3.8) is 0 Å². The zero-order valence-electron chi connectivity index (χ0n) is 18.4. The number of hydrogen-bond acceptors (Lipinski definition) is 6. The van der Waals surface area contributed by atoms with E-state index in [-0.39, 0.29) is 34.3 Å². The van der Waals surface area contributed by atoms with Crippen LogP contribution in [-0.2, 0) is 10.0 Å². The molecule has 174 valence electrons. The van der Waals surface area contributed by atoms with Crippen LogP contribution in [0.3, 0.4) is 0 Å². The fourth-order valence-electron chi connectivity index (χ4n) is 3.42. The van der Waals surface area contributed by atoms with Crippen LogP contribution in [0.4, 0.5) is 5.69 Å². The minimum atomic E-state index is -3.68. The van der Waals surface area contributed by atoms with Crippen molar-refractivity contribution >= 4 is 49.8 Å². The van der Waals surface area contributed by atoms with Crippen molar-refractivity contribution in [3.8, 4) is 0 Å². The van der Waals surface area contributed by atoms with E-state index >= 15 is 0 Å². The summed E-state index contributed by atoms with van der Waals surface area (Å²) in [7, 11) is -0.829. The number of carbonyl (C=O) groups is 2. The van der Waals surface area contributed by atoms with Crippen molar-refractivity contribution in [2.24, 2.45) is 0 Å². The van der Waals surface area contributed by atoms with Crippen LogP contribution in [0.2, 0.25) is 5.02 Å². The minimum Gasteiger partial charge on any atom is -0.450 e. The SMILES string of the molecule is CN(C)S(=O)(=O)c1cccc(C(=O)CNc2c(C(=O)c3ccc(Cl)cc3)oc3ccccc23)c1. The molecule has 0 saturated carbocycles. The van der Waals surface area contributed by atoms with Gasteiger partial charge in [0, 0.05) is 35.6 Å². The van der Waals surface area contributed by atoms with Crippen LogP contribution in [0.25, 0.3) is 11.0 Å². The predicted octanol–water partition coefficient (Wildman–Crippen LogP) is 4.86. The lowest BCUT2D eigenvalue weighted by atomic mass is 10.1. The zero-order valence-corrected chi connectivity index (χ0v) is 20.0. The van der Waals surface area contributed by atoms with Crippen molar-refractivity contribution in [3.05, 3.63) is 94.7 Å². The molecule has 0 aliphatic heterocycles. The summed E-state index contributed by atoms with van der Waals surface area (Å²) in [5.74, 6) is -0.631. The molecule has 1 N–H and O–H groups in total. The minimum absolute atomic E-state index is 0.0238. The Morgan fingerprint density at radius 2 is 1.65 bits per heavy atom. The molecule has 3 aromatic carbocycles. The van der Waals surface area contributed by atoms with Gasteiger partial charge in [0.15, 0.2) is 11.5 Å². The first kappa shape index (κ1) is 23.7. The molecular weight excluding hydrogens is 476 g/mol. The molecule has 0 aliphatic carbocycles. The quantitative estimate of drug-likeness (QED) is 0.350. The Kier molecular flexibility index (Phi) is 6.56. The standard InChI is InChI=1S/C25H21ClN2O5S/c1-28(2)34(31,32)19-7-5-6-17(14-19)21(29)15-27-23-20-8-3-4-9-22(20)33-25(23)24(30)16-10-12-18(26)13-11-16/h3-14,27H,15H2,1-2H3. The predicted molar refractivity (Wildman–Crippen MR) is 131 cm³/mol. The van der Waals surface area contributed by atoms with E-state index in [9.17, 15) is 18.0 Å². The highest BCUT2D eigenvalue weighted by molar-refractivity contribution is 7.89. The van der Waals surface area contributed by atoms with E-state index in [1.165, 1.54) is 32.3 Å². The number of carbonyl (C=O) groups excluding carboxylic acids is 2. The van der Waals surface area contributed by atoms with E-state index < -0.39 is 10.0 Å². The fraction of sp³-hybridized carbons (Fsp3) is 0.120. The highest BCUT2D eigenvalue weighted by atomic mass is 35.5. The Labute approximate surface area is 202 Å². The first-order valence-corrected chi connectivity index (χ1v) is 12.1. The van der Waals surface area contributed by atoms with Gasteiger partial charge in [0.05, 0.1) is 17.1 Å². The molecule has 0 amide bonds. The van der Waals surface area contributed by atoms with Gasteiger partial charge in [-0.15, -0.1) is 0 Å². The van der Waals surface area contributed by atoms with Crippen LogP contribution in [-0.4, -0.2) is 44.9 Å². The highest BCUT2D eigenvalue weighted by Gasteiger charge is 2.23. The second-order valence-electron chi connectivity index (χ2n) is 7.73. The van der Waals surface area contributed by atoms with E-state index in [2.05, 4.69) is 5.32 Å². The molecular formula is C25H21ClN2O5S. The molecule has 0 aliphatic rings. The monoisotopic (exact) mass is 496 g/mol. The maximum atomic E-state index is 13.1. The third kappa shape index (κ3) is 4.61. The van der Waals surface area contributed by atoms with Gasteiger partial charge in [-0.05, 0) is 48.5 Å². The van der Waals surface area contributed by atoms with Gasteiger partial charge in [-0.25, -0.2) is 12.7 Å². The van der Waals surface area contributed by atoms with Gasteiger partial charge in [0.2, 0.25) is 15.8 Å². The maximum Gasteiger partial charge on any atom is 0.242 e. The second-order valence-corrected chi connectivity index (χ2v) is 10.3. The molecule has 1 aromatic heterocycles. The van der Waals surface area contributed by atoms with Crippen LogP contribution >= 0.6 is 11.6 Å². The molecule has 9 heteroatoms. The second kappa shape index (κ2) is 9.42. The Balaban J connectivity index is 1.64. The molecule has 0 spiro atoms. The average Bonchev–Trinajstić information content (AvgIpc) is 3.21. The van der Waals surface area contributed by atoms with Crippen molar-refractivity contribution < 1.29 is 22.4 Å². The maximum absolute atomic E-state index is 13.1. The first-order valence-electron chi connectivity index (χ1n) is 10.3. The van der Waals surface area contributed by atoms with E-state index in [0.717, 1.165) is 4.31 Å². The van der Waals surface area contributed by atoms with Gasteiger partial charge in [-0.2, -0.15) is 0 Å². The van der Waals surface area contributed by atoms with Crippen molar-refractivity contribution in [1.82, 2.24) is 4.31 Å². The number of para-hydroxylation sites is 1. The Hall–Kier alpha value is -3.46. The normalized spacial score (nSPS) is 11.6. The van der Waals surface area contributed by atoms with E-state index in [0.29, 0.717) is 27.2 Å². The number of fused-ring (bicyclic) bond motifs is 1. The van der Waals surface area contributed by atoms with E-state index in [1.807, 2.05) is 0 Å². The molecule has 0 radical (unpaired) electrons. The number of hydrogen-bond donors (Lipinski definition) is 1. The van der Waals surface area contributed by atoms with Crippen LogP contribution in [0, 0.1) is 0 Å². The van der Waals surface area contributed by atoms with Crippen LogP contribution in [0.5, 0.6) is 0 Å². The van der Waals surface area contributed by atoms with Crippen LogP contribution in [0.15, 0.2) is 82.1 Å². The average molecular weight is 497 g/mol. The third-order valence-electron chi connectivity index (χ3n) is 5.27. The lowest BCUT2D eigenvalue weighted by Crippen LogP contribution is -2.23. The van der Waals surface area contributed by atoms with Crippen molar-refractivity contribution in [2.75, 3.05) is 26.0 Å². The number of rotatable bonds is 8.